The topological polar surface area (TPSA) is 125 Å². The third-order valence-electron chi connectivity index (χ3n) is 6.61. The molecule has 2 aliphatic rings. The molecule has 1 fully saturated rings. The predicted octanol–water partition coefficient (Wildman–Crippen LogP) is 2.95. The number of hydrogen-bond donors (Lipinski definition) is 1. The molecule has 1 aromatic carbocycles. The molecule has 0 radical (unpaired) electrons. The first-order valence-electron chi connectivity index (χ1n) is 12.0. The number of carbonyl (C=O) groups is 2. The molecule has 11 heteroatoms. The molecule has 2 aliphatic heterocycles. The van der Waals surface area contributed by atoms with Crippen LogP contribution in [0, 0.1) is 6.92 Å². The van der Waals surface area contributed by atoms with Crippen LogP contribution in [0.1, 0.15) is 48.1 Å². The van der Waals surface area contributed by atoms with E-state index >= 15 is 0 Å². The first-order chi connectivity index (χ1) is 17.4. The van der Waals surface area contributed by atoms with Crippen LogP contribution in [0.5, 0.6) is 0 Å². The second kappa shape index (κ2) is 10.3. The van der Waals surface area contributed by atoms with Gasteiger partial charge in [-0.25, -0.2) is 4.98 Å². The fourth-order valence-corrected chi connectivity index (χ4v) is 6.01. The minimum absolute atomic E-state index is 0.132. The summed E-state index contributed by atoms with van der Waals surface area (Å²) in [5.41, 5.74) is 3.08. The fourth-order valence-electron chi connectivity index (χ4n) is 4.87. The van der Waals surface area contributed by atoms with E-state index in [9.17, 15) is 14.1 Å². The first-order valence-corrected chi connectivity index (χ1v) is 13.3. The van der Waals surface area contributed by atoms with Crippen molar-refractivity contribution in [3.05, 3.63) is 58.5 Å². The Kier molecular flexibility index (Phi) is 6.92. The number of allylic oxidation sites excluding steroid dienone is 1. The molecule has 36 heavy (non-hydrogen) atoms. The molecule has 0 spiro atoms. The minimum Gasteiger partial charge on any atom is -0.611 e. The molecule has 5 rings (SSSR count). The lowest BCUT2D eigenvalue weighted by molar-refractivity contribution is -0.127. The largest absolute Gasteiger partial charge is 0.611 e. The van der Waals surface area contributed by atoms with Crippen molar-refractivity contribution < 1.29 is 18.9 Å². The number of nitrogens with zero attached hydrogens (tertiary/aromatic N) is 5. The lowest BCUT2D eigenvalue weighted by Crippen LogP contribution is -2.40. The van der Waals surface area contributed by atoms with Gasteiger partial charge < -0.3 is 18.8 Å². The Balaban J connectivity index is 1.51. The quantitative estimate of drug-likeness (QED) is 0.537. The van der Waals surface area contributed by atoms with Gasteiger partial charge in [-0.3, -0.25) is 14.9 Å². The molecule has 4 heterocycles. The monoisotopic (exact) mass is 508 g/mol. The van der Waals surface area contributed by atoms with Crippen molar-refractivity contribution >= 4 is 40.0 Å². The maximum Gasteiger partial charge on any atom is 0.305 e. The summed E-state index contributed by atoms with van der Waals surface area (Å²) in [6.45, 7) is 5.04. The van der Waals surface area contributed by atoms with E-state index in [2.05, 4.69) is 15.5 Å². The molecule has 2 atom stereocenters. The number of anilines is 1. The zero-order valence-electron chi connectivity index (χ0n) is 20.3. The van der Waals surface area contributed by atoms with Gasteiger partial charge in [0.2, 0.25) is 5.95 Å². The van der Waals surface area contributed by atoms with Crippen molar-refractivity contribution in [2.24, 2.45) is 0 Å². The molecule has 0 aliphatic carbocycles. The van der Waals surface area contributed by atoms with Crippen molar-refractivity contribution in [3.8, 4) is 0 Å². The number of fused-ring (bicyclic) bond motifs is 1. The van der Waals surface area contributed by atoms with Gasteiger partial charge in [0.1, 0.15) is 12.4 Å². The molecule has 1 N–H and O–H groups in total. The zero-order chi connectivity index (χ0) is 25.2. The van der Waals surface area contributed by atoms with E-state index in [1.165, 1.54) is 12.4 Å². The molecule has 2 amide bonds. The summed E-state index contributed by atoms with van der Waals surface area (Å²) in [5.74, 6) is 0.595. The highest BCUT2D eigenvalue weighted by molar-refractivity contribution is 7.96. The molecule has 3 aromatic rings. The van der Waals surface area contributed by atoms with Gasteiger partial charge in [0.25, 0.3) is 10.8 Å². The predicted molar refractivity (Wildman–Crippen MR) is 136 cm³/mol. The summed E-state index contributed by atoms with van der Waals surface area (Å²) >= 11 is -1.38. The number of para-hydroxylation sites is 1. The lowest BCUT2D eigenvalue weighted by Gasteiger charge is -2.29. The Morgan fingerprint density at radius 2 is 2.06 bits per heavy atom. The Bertz CT molecular complexity index is 1320. The average molecular weight is 509 g/mol. The number of aryl methyl sites for hydroxylation is 1. The SMILES string of the molecule is CC1=C(C(=O)N2CCCCC(n3c(NC(=O)c4ccnnc4)nc4cccc(C)c43)C2)[S+]([O-])CCO1. The van der Waals surface area contributed by atoms with Crippen LogP contribution in [-0.4, -0.2) is 66.5 Å². The van der Waals surface area contributed by atoms with Gasteiger partial charge in [0.05, 0.1) is 35.0 Å². The minimum atomic E-state index is -1.38. The summed E-state index contributed by atoms with van der Waals surface area (Å²) < 4.78 is 20.3. The van der Waals surface area contributed by atoms with Crippen LogP contribution in [0.3, 0.4) is 0 Å². The van der Waals surface area contributed by atoms with Gasteiger partial charge in [-0.1, -0.05) is 12.1 Å². The Morgan fingerprint density at radius 3 is 2.83 bits per heavy atom. The van der Waals surface area contributed by atoms with Crippen LogP contribution in [0.25, 0.3) is 11.0 Å². The molecule has 10 nitrogen and oxygen atoms in total. The third kappa shape index (κ3) is 4.68. The summed E-state index contributed by atoms with van der Waals surface area (Å²) in [6, 6.07) is 7.32. The fraction of sp³-hybridized carbons (Fsp3) is 0.400. The second-order valence-electron chi connectivity index (χ2n) is 9.02. The van der Waals surface area contributed by atoms with Gasteiger partial charge in [-0.05, 0) is 62.0 Å². The van der Waals surface area contributed by atoms with E-state index < -0.39 is 11.2 Å². The molecule has 0 bridgehead atoms. The molecule has 2 unspecified atom stereocenters. The van der Waals surface area contributed by atoms with Crippen molar-refractivity contribution in [3.63, 3.8) is 0 Å². The number of ether oxygens (including phenoxy) is 1. The molecular weight excluding hydrogens is 480 g/mol. The number of benzene rings is 1. The van der Waals surface area contributed by atoms with E-state index in [1.54, 1.807) is 17.9 Å². The Hall–Kier alpha value is -3.44. The van der Waals surface area contributed by atoms with Crippen molar-refractivity contribution in [1.29, 1.82) is 0 Å². The van der Waals surface area contributed by atoms with Crippen LogP contribution in [-0.2, 0) is 20.7 Å². The number of rotatable bonds is 4. The van der Waals surface area contributed by atoms with Crippen LogP contribution < -0.4 is 5.32 Å². The van der Waals surface area contributed by atoms with E-state index in [1.807, 2.05) is 29.7 Å². The molecular formula is C25H28N6O4S. The highest BCUT2D eigenvalue weighted by Gasteiger charge is 2.36. The van der Waals surface area contributed by atoms with Crippen molar-refractivity contribution in [1.82, 2.24) is 24.6 Å². The average Bonchev–Trinajstić information content (AvgIpc) is 3.06. The Morgan fingerprint density at radius 1 is 1.19 bits per heavy atom. The van der Waals surface area contributed by atoms with E-state index in [4.69, 9.17) is 9.72 Å². The van der Waals surface area contributed by atoms with Crippen LogP contribution in [0.15, 0.2) is 47.3 Å². The number of likely N-dealkylation sites (tertiary alicyclic amines) is 1. The zero-order valence-corrected chi connectivity index (χ0v) is 21.1. The standard InChI is InChI=1S/C25H28N6O4S/c1-16-6-5-8-20-21(16)31(25(28-20)29-23(32)18-9-10-26-27-14-18)19-7-3-4-11-30(15-19)24(33)22-17(2)35-12-13-36(22)34/h5-6,8-10,14,19H,3-4,7,11-13,15H2,1-2H3,(H,28,29,32). The number of carbonyl (C=O) groups excluding carboxylic acids is 2. The summed E-state index contributed by atoms with van der Waals surface area (Å²) in [5, 5.41) is 10.5. The van der Waals surface area contributed by atoms with E-state index in [0.29, 0.717) is 42.7 Å². The number of amides is 2. The van der Waals surface area contributed by atoms with Gasteiger partial charge >= 0.3 is 5.91 Å². The number of nitrogens with one attached hydrogen (secondary N) is 1. The van der Waals surface area contributed by atoms with Gasteiger partial charge in [0.15, 0.2) is 5.76 Å². The van der Waals surface area contributed by atoms with E-state index in [-0.39, 0.29) is 22.8 Å². The van der Waals surface area contributed by atoms with Crippen LogP contribution in [0.2, 0.25) is 0 Å². The maximum absolute atomic E-state index is 13.5. The normalized spacial score (nSPS) is 20.7. The van der Waals surface area contributed by atoms with Gasteiger partial charge in [-0.15, -0.1) is 0 Å². The highest BCUT2D eigenvalue weighted by atomic mass is 32.2. The first kappa shape index (κ1) is 24.3. The number of hydrogen-bond acceptors (Lipinski definition) is 7. The summed E-state index contributed by atoms with van der Waals surface area (Å²) in [4.78, 5) is 33.3. The third-order valence-corrected chi connectivity index (χ3v) is 8.07. The van der Waals surface area contributed by atoms with Crippen LogP contribution >= 0.6 is 0 Å². The molecule has 1 saturated heterocycles. The second-order valence-corrected chi connectivity index (χ2v) is 10.5. The lowest BCUT2D eigenvalue weighted by atomic mass is 10.1. The Labute approximate surface area is 211 Å². The molecule has 188 valence electrons. The van der Waals surface area contributed by atoms with E-state index in [0.717, 1.165) is 35.9 Å². The number of aromatic nitrogens is 4. The number of imidazole rings is 1. The van der Waals surface area contributed by atoms with Gasteiger partial charge in [0, 0.05) is 13.1 Å². The van der Waals surface area contributed by atoms with Crippen molar-refractivity contribution in [2.75, 3.05) is 30.8 Å². The van der Waals surface area contributed by atoms with Crippen molar-refractivity contribution in [2.45, 2.75) is 39.2 Å². The molecule has 2 aromatic heterocycles. The van der Waals surface area contributed by atoms with Crippen LogP contribution in [0.4, 0.5) is 5.95 Å². The van der Waals surface area contributed by atoms with Gasteiger partial charge in [-0.2, -0.15) is 10.2 Å². The maximum atomic E-state index is 13.5. The highest BCUT2D eigenvalue weighted by Crippen LogP contribution is 2.33. The smallest absolute Gasteiger partial charge is 0.305 e. The summed E-state index contributed by atoms with van der Waals surface area (Å²) in [6.07, 6.45) is 5.41. The summed E-state index contributed by atoms with van der Waals surface area (Å²) in [7, 11) is 0. The molecule has 0 saturated carbocycles.